The maximum Gasteiger partial charge on any atom is 0.471 e. The zero-order chi connectivity index (χ0) is 25.2. The van der Waals surface area contributed by atoms with Gasteiger partial charge in [-0.25, -0.2) is 4.68 Å². The normalized spacial score (nSPS) is 16.7. The number of benzene rings is 2. The van der Waals surface area contributed by atoms with E-state index in [2.05, 4.69) is 0 Å². The van der Waals surface area contributed by atoms with E-state index >= 15 is 0 Å². The number of rotatable bonds is 7. The smallest absolute Gasteiger partial charge is 0.337 e. The number of likely N-dealkylation sites (N-methyl/N-ethyl adjacent to an activating group) is 1. The second-order valence-electron chi connectivity index (χ2n) is 8.84. The summed E-state index contributed by atoms with van der Waals surface area (Å²) in [5, 5.41) is 6.71. The number of likely N-dealkylation sites (tertiary alicyclic amines) is 1. The van der Waals surface area contributed by atoms with Crippen molar-refractivity contribution in [2.75, 3.05) is 26.7 Å². The van der Waals surface area contributed by atoms with Crippen molar-refractivity contribution in [2.24, 2.45) is 0 Å². The second kappa shape index (κ2) is 10.4. The van der Waals surface area contributed by atoms with Crippen molar-refractivity contribution in [2.45, 2.75) is 38.0 Å². The first-order valence-electron chi connectivity index (χ1n) is 11.4. The highest BCUT2D eigenvalue weighted by Crippen LogP contribution is 2.22. The van der Waals surface area contributed by atoms with Crippen LogP contribution in [0.5, 0.6) is 0 Å². The van der Waals surface area contributed by atoms with Gasteiger partial charge in [0.05, 0.1) is 17.6 Å². The van der Waals surface area contributed by atoms with Gasteiger partial charge in [0.25, 0.3) is 5.56 Å². The molecule has 1 amide bonds. The molecule has 0 unspecified atom stereocenters. The molecule has 1 saturated heterocycles. The number of aromatic nitrogens is 2. The largest absolute Gasteiger partial charge is 0.471 e. The average molecular weight is 507 g/mol. The number of nitrogens with zero attached hydrogens (tertiary/aromatic N) is 4. The monoisotopic (exact) mass is 506 g/mol. The zero-order valence-corrected chi connectivity index (χ0v) is 20.0. The van der Waals surface area contributed by atoms with E-state index in [0.717, 1.165) is 36.5 Å². The molecule has 0 N–H and O–H groups in total. The third-order valence-corrected chi connectivity index (χ3v) is 6.68. The summed E-state index contributed by atoms with van der Waals surface area (Å²) < 4.78 is 39.6. The molecule has 2 aromatic carbocycles. The summed E-state index contributed by atoms with van der Waals surface area (Å²) in [6.07, 6.45) is -2.70. The molecule has 0 aliphatic carbocycles. The minimum atomic E-state index is -4.89. The highest BCUT2D eigenvalue weighted by molar-refractivity contribution is 6.30. The Morgan fingerprint density at radius 1 is 1.14 bits per heavy atom. The van der Waals surface area contributed by atoms with Gasteiger partial charge < -0.3 is 4.90 Å². The van der Waals surface area contributed by atoms with Crippen LogP contribution >= 0.6 is 11.6 Å². The molecule has 1 atom stereocenters. The first-order valence-corrected chi connectivity index (χ1v) is 11.8. The predicted molar refractivity (Wildman–Crippen MR) is 129 cm³/mol. The summed E-state index contributed by atoms with van der Waals surface area (Å²) >= 11 is 6.01. The Hall–Kier alpha value is -2.91. The fourth-order valence-electron chi connectivity index (χ4n) is 4.55. The van der Waals surface area contributed by atoms with Crippen molar-refractivity contribution in [3.8, 4) is 0 Å². The van der Waals surface area contributed by atoms with E-state index in [4.69, 9.17) is 16.7 Å². The van der Waals surface area contributed by atoms with Gasteiger partial charge in [-0.05, 0) is 43.1 Å². The molecular weight excluding hydrogens is 481 g/mol. The minimum Gasteiger partial charge on any atom is -0.337 e. The minimum absolute atomic E-state index is 0.0449. The van der Waals surface area contributed by atoms with E-state index in [1.54, 1.807) is 6.07 Å². The lowest BCUT2D eigenvalue weighted by Crippen LogP contribution is -2.44. The summed E-state index contributed by atoms with van der Waals surface area (Å²) in [4.78, 5) is 27.4. The fourth-order valence-corrected chi connectivity index (χ4v) is 4.67. The van der Waals surface area contributed by atoms with Gasteiger partial charge in [0, 0.05) is 43.0 Å². The van der Waals surface area contributed by atoms with Crippen LogP contribution in [0.25, 0.3) is 10.8 Å². The Kier molecular flexibility index (Phi) is 7.47. The van der Waals surface area contributed by atoms with Gasteiger partial charge in [-0.2, -0.15) is 18.3 Å². The number of halogens is 4. The second-order valence-corrected chi connectivity index (χ2v) is 9.28. The molecule has 1 aliphatic rings. The van der Waals surface area contributed by atoms with Crippen LogP contribution < -0.4 is 5.56 Å². The van der Waals surface area contributed by atoms with Crippen LogP contribution in [0, 0.1) is 0 Å². The summed E-state index contributed by atoms with van der Waals surface area (Å²) in [5.41, 5.74) is 1.58. The van der Waals surface area contributed by atoms with Crippen LogP contribution in [0.2, 0.25) is 5.02 Å². The molecule has 35 heavy (non-hydrogen) atoms. The van der Waals surface area contributed by atoms with Gasteiger partial charge in [-0.1, -0.05) is 41.9 Å². The number of amides is 1. The Bertz CT molecular complexity index is 1260. The molecular formula is C25H26ClF3N4O2. The SMILES string of the molecule is CN(CCN1CCC[C@@H]1Cn1nc(Cc2ccc(Cl)cc2)c2ccccc2c1=O)C(=O)C(F)(F)F. The standard InChI is InChI=1S/C25H26ClF3N4O2/c1-31(24(35)25(27,28)29)13-14-32-12-4-5-19(32)16-33-23(34)21-7-3-2-6-20(21)22(30-33)15-17-8-10-18(26)11-9-17/h2-3,6-11,19H,4-5,12-16H2,1H3/t19-/m1/s1. The maximum atomic E-state index is 13.2. The third-order valence-electron chi connectivity index (χ3n) is 6.42. The third kappa shape index (κ3) is 5.85. The molecule has 1 fully saturated rings. The maximum absolute atomic E-state index is 13.2. The van der Waals surface area contributed by atoms with Gasteiger partial charge in [-0.3, -0.25) is 14.5 Å². The first-order chi connectivity index (χ1) is 16.6. The van der Waals surface area contributed by atoms with E-state index < -0.39 is 12.1 Å². The lowest BCUT2D eigenvalue weighted by Gasteiger charge is -2.27. The molecule has 3 aromatic rings. The summed E-state index contributed by atoms with van der Waals surface area (Å²) in [7, 11) is 1.15. The Balaban J connectivity index is 1.55. The molecule has 2 heterocycles. The lowest BCUT2D eigenvalue weighted by atomic mass is 10.0. The summed E-state index contributed by atoms with van der Waals surface area (Å²) in [5.74, 6) is -1.85. The van der Waals surface area contributed by atoms with Crippen LogP contribution in [-0.2, 0) is 17.8 Å². The van der Waals surface area contributed by atoms with Crippen LogP contribution in [0.15, 0.2) is 53.3 Å². The van der Waals surface area contributed by atoms with E-state index in [9.17, 15) is 22.8 Å². The number of fused-ring (bicyclic) bond motifs is 1. The van der Waals surface area contributed by atoms with Gasteiger partial charge >= 0.3 is 12.1 Å². The highest BCUT2D eigenvalue weighted by Gasteiger charge is 2.41. The average Bonchev–Trinajstić information content (AvgIpc) is 3.27. The molecule has 6 nitrogen and oxygen atoms in total. The summed E-state index contributed by atoms with van der Waals surface area (Å²) in [6.45, 7) is 1.27. The number of carbonyl (C=O) groups excluding carboxylic acids is 1. The molecule has 4 rings (SSSR count). The van der Waals surface area contributed by atoms with Crippen LogP contribution in [0.4, 0.5) is 13.2 Å². The summed E-state index contributed by atoms with van der Waals surface area (Å²) in [6, 6.07) is 14.8. The van der Waals surface area contributed by atoms with Gasteiger partial charge in [0.1, 0.15) is 0 Å². The predicted octanol–water partition coefficient (Wildman–Crippen LogP) is 4.13. The lowest BCUT2D eigenvalue weighted by molar-refractivity contribution is -0.184. The van der Waals surface area contributed by atoms with E-state index in [1.807, 2.05) is 47.4 Å². The van der Waals surface area contributed by atoms with Gasteiger partial charge in [0.15, 0.2) is 0 Å². The molecule has 1 aliphatic heterocycles. The van der Waals surface area contributed by atoms with Crippen molar-refractivity contribution < 1.29 is 18.0 Å². The number of alkyl halides is 3. The Morgan fingerprint density at radius 3 is 2.51 bits per heavy atom. The molecule has 0 spiro atoms. The first kappa shape index (κ1) is 25.2. The highest BCUT2D eigenvalue weighted by atomic mass is 35.5. The Labute approximate surface area is 205 Å². The quantitative estimate of drug-likeness (QED) is 0.483. The molecule has 0 radical (unpaired) electrons. The van der Waals surface area contributed by atoms with Crippen molar-refractivity contribution in [3.05, 3.63) is 75.2 Å². The van der Waals surface area contributed by atoms with Crippen molar-refractivity contribution >= 4 is 28.3 Å². The van der Waals surface area contributed by atoms with E-state index in [-0.39, 0.29) is 18.1 Å². The Morgan fingerprint density at radius 2 is 1.83 bits per heavy atom. The molecule has 10 heteroatoms. The van der Waals surface area contributed by atoms with Crippen LogP contribution in [0.3, 0.4) is 0 Å². The van der Waals surface area contributed by atoms with Crippen molar-refractivity contribution in [1.29, 1.82) is 0 Å². The van der Waals surface area contributed by atoms with Crippen LogP contribution in [0.1, 0.15) is 24.1 Å². The number of carbonyl (C=O) groups is 1. The van der Waals surface area contributed by atoms with Gasteiger partial charge in [-0.15, -0.1) is 0 Å². The van der Waals surface area contributed by atoms with Crippen LogP contribution in [-0.4, -0.2) is 64.4 Å². The number of hydrogen-bond donors (Lipinski definition) is 0. The molecule has 1 aromatic heterocycles. The molecule has 186 valence electrons. The van der Waals surface area contributed by atoms with Gasteiger partial charge in [0.2, 0.25) is 0 Å². The zero-order valence-electron chi connectivity index (χ0n) is 19.3. The van der Waals surface area contributed by atoms with Crippen molar-refractivity contribution in [1.82, 2.24) is 19.6 Å². The fraction of sp³-hybridized carbons (Fsp3) is 0.400. The number of hydrogen-bond acceptors (Lipinski definition) is 4. The molecule has 0 bridgehead atoms. The van der Waals surface area contributed by atoms with E-state index in [1.165, 1.54) is 4.68 Å². The molecule has 0 saturated carbocycles. The topological polar surface area (TPSA) is 58.4 Å². The van der Waals surface area contributed by atoms with E-state index in [0.29, 0.717) is 41.4 Å². The van der Waals surface area contributed by atoms with Crippen molar-refractivity contribution in [3.63, 3.8) is 0 Å².